The smallest absolute Gasteiger partial charge is 0.556 e. The Labute approximate surface area is 200 Å². The molecule has 0 heterocycles. The van der Waals surface area contributed by atoms with Gasteiger partial charge in [0.25, 0.3) is 0 Å². The van der Waals surface area contributed by atoms with Gasteiger partial charge in [0.1, 0.15) is 5.75 Å². The Morgan fingerprint density at radius 1 is 0.750 bits per heavy atom. The van der Waals surface area contributed by atoms with E-state index < -0.39 is 6.75 Å². The average Bonchev–Trinajstić information content (AvgIpc) is 2.61. The number of ether oxygens (including phenoxy) is 2. The molecule has 3 N–H and O–H groups in total. The van der Waals surface area contributed by atoms with Crippen molar-refractivity contribution < 1.29 is 54.1 Å². The maximum Gasteiger partial charge on any atom is 1.00 e. The van der Waals surface area contributed by atoms with Crippen molar-refractivity contribution in [2.75, 3.05) is 13.2 Å². The monoisotopic (exact) mass is 468 g/mol. The predicted molar refractivity (Wildman–Crippen MR) is 115 cm³/mol. The van der Waals surface area contributed by atoms with Crippen LogP contribution in [0.25, 0.3) is 0 Å². The molecular formula is C20H35BBrNaO5. The third-order valence-corrected chi connectivity index (χ3v) is 5.11. The van der Waals surface area contributed by atoms with Gasteiger partial charge >= 0.3 is 36.3 Å². The summed E-state index contributed by atoms with van der Waals surface area (Å²) in [7, 11) is 0. The molecule has 0 aromatic heterocycles. The summed E-state index contributed by atoms with van der Waals surface area (Å²) in [5.74, 6) is 0.736. The van der Waals surface area contributed by atoms with Crippen LogP contribution in [0.1, 0.15) is 78.1 Å². The molecule has 8 heteroatoms. The molecule has 0 amide bonds. The topological polar surface area (TPSA) is 79.2 Å². The summed E-state index contributed by atoms with van der Waals surface area (Å²) in [6.07, 6.45) is 11.2. The van der Waals surface area contributed by atoms with Crippen LogP contribution in [0.2, 0.25) is 0 Å². The van der Waals surface area contributed by atoms with Gasteiger partial charge in [0.2, 0.25) is 0 Å². The van der Waals surface area contributed by atoms with Gasteiger partial charge in [-0.2, -0.15) is 0 Å². The van der Waals surface area contributed by atoms with Crippen molar-refractivity contribution in [2.24, 2.45) is 0 Å². The first-order valence-electron chi connectivity index (χ1n) is 10.3. The van der Waals surface area contributed by atoms with Gasteiger partial charge in [-0.15, -0.1) is 0 Å². The minimum Gasteiger partial charge on any atom is -0.556 e. The molecule has 5 nitrogen and oxygen atoms in total. The molecule has 156 valence electrons. The van der Waals surface area contributed by atoms with Gasteiger partial charge in [-0.25, -0.2) is 0 Å². The fourth-order valence-corrected chi connectivity index (χ4v) is 3.30. The van der Waals surface area contributed by atoms with Gasteiger partial charge in [-0.05, 0) is 40.9 Å². The van der Waals surface area contributed by atoms with Crippen LogP contribution in [0.3, 0.4) is 0 Å². The molecule has 28 heavy (non-hydrogen) atoms. The number of hydrogen-bond acceptors (Lipinski definition) is 5. The van der Waals surface area contributed by atoms with Crippen molar-refractivity contribution in [1.29, 1.82) is 0 Å². The molecule has 0 radical (unpaired) electrons. The van der Waals surface area contributed by atoms with Crippen molar-refractivity contribution in [3.63, 3.8) is 0 Å². The standard InChI is InChI=1S/C20H35BBrO5.Na/c1-3-5-7-9-11-13-26-19-16-18(22)20(15-17(19)21(23,24)25)27-14-12-10-8-6-4-2;/h15-16,23-25H,3-14H2,1-2H3;/q-1;+1. The summed E-state index contributed by atoms with van der Waals surface area (Å²) < 4.78 is 12.1. The fraction of sp³-hybridized carbons (Fsp3) is 0.700. The van der Waals surface area contributed by atoms with E-state index in [0.717, 1.165) is 32.1 Å². The average molecular weight is 469 g/mol. The predicted octanol–water partition coefficient (Wildman–Crippen LogP) is 1.27. The summed E-state index contributed by atoms with van der Waals surface area (Å²) >= 11 is 3.44. The second kappa shape index (κ2) is 16.0. The molecular weight excluding hydrogens is 434 g/mol. The fourth-order valence-electron chi connectivity index (χ4n) is 2.86. The number of hydrogen-bond donors (Lipinski definition) is 3. The second-order valence-electron chi connectivity index (χ2n) is 7.08. The molecule has 1 aromatic carbocycles. The molecule has 0 fully saturated rings. The van der Waals surface area contributed by atoms with Crippen LogP contribution < -0.4 is 44.5 Å². The zero-order chi connectivity index (χ0) is 20.1. The number of unbranched alkanes of at least 4 members (excludes halogenated alkanes) is 8. The Morgan fingerprint density at radius 2 is 1.21 bits per heavy atom. The molecule has 0 unspecified atom stereocenters. The molecule has 0 saturated carbocycles. The minimum atomic E-state index is -3.66. The Morgan fingerprint density at radius 3 is 1.68 bits per heavy atom. The first-order chi connectivity index (χ1) is 12.9. The van der Waals surface area contributed by atoms with Crippen LogP contribution in [0.5, 0.6) is 11.5 Å². The van der Waals surface area contributed by atoms with Crippen LogP contribution >= 0.6 is 15.9 Å². The van der Waals surface area contributed by atoms with Gasteiger partial charge < -0.3 is 24.5 Å². The first kappa shape index (κ1) is 28.2. The van der Waals surface area contributed by atoms with E-state index in [2.05, 4.69) is 29.8 Å². The summed E-state index contributed by atoms with van der Waals surface area (Å²) in [5.41, 5.74) is -0.0484. The number of rotatable bonds is 15. The number of halogens is 1. The summed E-state index contributed by atoms with van der Waals surface area (Å²) in [4.78, 5) is 0. The van der Waals surface area contributed by atoms with Crippen LogP contribution in [0, 0.1) is 0 Å². The molecule has 0 aliphatic heterocycles. The Hall–Kier alpha value is 0.245. The maximum atomic E-state index is 9.75. The van der Waals surface area contributed by atoms with E-state index >= 15 is 0 Å². The number of benzene rings is 1. The Kier molecular flexibility index (Phi) is 16.1. The van der Waals surface area contributed by atoms with Crippen LogP contribution in [0.15, 0.2) is 16.6 Å². The van der Waals surface area contributed by atoms with E-state index in [9.17, 15) is 15.1 Å². The molecule has 1 aromatic rings. The molecule has 0 atom stereocenters. The Balaban J connectivity index is 0.00000729. The van der Waals surface area contributed by atoms with Gasteiger partial charge in [-0.1, -0.05) is 70.7 Å². The van der Waals surface area contributed by atoms with Crippen LogP contribution in [0.4, 0.5) is 0 Å². The SMILES string of the molecule is CCCCCCCOc1cc([B-](O)(O)O)c(OCCCCCCC)cc1Br.[Na+]. The van der Waals surface area contributed by atoms with Crippen molar-refractivity contribution in [3.8, 4) is 11.5 Å². The molecule has 0 aliphatic carbocycles. The largest absolute Gasteiger partial charge is 1.00 e. The van der Waals surface area contributed by atoms with Crippen LogP contribution in [-0.2, 0) is 0 Å². The quantitative estimate of drug-likeness (QED) is 0.267. The third kappa shape index (κ3) is 11.4. The molecule has 0 saturated heterocycles. The molecule has 0 spiro atoms. The second-order valence-corrected chi connectivity index (χ2v) is 7.93. The summed E-state index contributed by atoms with van der Waals surface area (Å²) in [6, 6.07) is 3.08. The van der Waals surface area contributed by atoms with E-state index in [1.807, 2.05) is 0 Å². The summed E-state index contributed by atoms with van der Waals surface area (Å²) in [5, 5.41) is 29.2. The molecule has 0 aliphatic rings. The van der Waals surface area contributed by atoms with E-state index in [4.69, 9.17) is 9.47 Å². The van der Waals surface area contributed by atoms with Gasteiger partial charge in [0, 0.05) is 0 Å². The van der Waals surface area contributed by atoms with Gasteiger partial charge in [0.05, 0.1) is 23.4 Å². The molecule has 1 rings (SSSR count). The van der Waals surface area contributed by atoms with E-state index in [-0.39, 0.29) is 40.8 Å². The van der Waals surface area contributed by atoms with Crippen molar-refractivity contribution in [2.45, 2.75) is 78.1 Å². The van der Waals surface area contributed by atoms with Gasteiger partial charge in [-0.3, -0.25) is 0 Å². The van der Waals surface area contributed by atoms with Crippen LogP contribution in [-0.4, -0.2) is 35.0 Å². The zero-order valence-electron chi connectivity index (χ0n) is 17.8. The van der Waals surface area contributed by atoms with Gasteiger partial charge in [0.15, 0.2) is 0 Å². The maximum absolute atomic E-state index is 9.75. The Bertz CT molecular complexity index is 540. The minimum absolute atomic E-state index is 0. The van der Waals surface area contributed by atoms with E-state index in [1.165, 1.54) is 38.2 Å². The first-order valence-corrected chi connectivity index (χ1v) is 11.1. The normalized spacial score (nSPS) is 11.2. The van der Waals surface area contributed by atoms with Crippen molar-refractivity contribution >= 4 is 28.1 Å². The molecule has 0 bridgehead atoms. The van der Waals surface area contributed by atoms with E-state index in [1.54, 1.807) is 6.07 Å². The third-order valence-electron chi connectivity index (χ3n) is 4.49. The van der Waals surface area contributed by atoms with Crippen molar-refractivity contribution in [1.82, 2.24) is 0 Å². The summed E-state index contributed by atoms with van der Waals surface area (Å²) in [6.45, 7) is 1.69. The van der Waals surface area contributed by atoms with E-state index in [0.29, 0.717) is 23.4 Å². The van der Waals surface area contributed by atoms with Crippen molar-refractivity contribution in [3.05, 3.63) is 16.6 Å². The zero-order valence-corrected chi connectivity index (χ0v) is 21.3.